The Morgan fingerprint density at radius 3 is 2.72 bits per heavy atom. The second-order valence-electron chi connectivity index (χ2n) is 7.28. The standard InChI is InChI=1S/C20H26BrClN4O3/c1-13-15(20(22)24(2)23-13)12-25-5-4-6-26(8-7-25)19(28)10-14-9-18(29-3)17(27)11-16(14)21/h9,11,27H,4-8,10,12H2,1-3H3. The average molecular weight is 486 g/mol. The summed E-state index contributed by atoms with van der Waals surface area (Å²) in [5.41, 5.74) is 2.79. The van der Waals surface area contributed by atoms with Crippen molar-refractivity contribution in [3.63, 3.8) is 0 Å². The Morgan fingerprint density at radius 1 is 1.31 bits per heavy atom. The lowest BCUT2D eigenvalue weighted by atomic mass is 10.1. The molecule has 7 nitrogen and oxygen atoms in total. The molecule has 3 rings (SSSR count). The van der Waals surface area contributed by atoms with Crippen LogP contribution in [-0.4, -0.2) is 63.9 Å². The molecule has 0 saturated carbocycles. The van der Waals surface area contributed by atoms with Crippen LogP contribution >= 0.6 is 27.5 Å². The number of benzene rings is 1. The number of hydrogen-bond acceptors (Lipinski definition) is 5. The predicted octanol–water partition coefficient (Wildman–Crippen LogP) is 3.14. The number of aryl methyl sites for hydroxylation is 2. The quantitative estimate of drug-likeness (QED) is 0.704. The number of phenolic OH excluding ortho intramolecular Hbond substituents is 1. The first kappa shape index (κ1) is 21.9. The van der Waals surface area contributed by atoms with Crippen molar-refractivity contribution >= 4 is 33.4 Å². The summed E-state index contributed by atoms with van der Waals surface area (Å²) in [6, 6.07) is 3.26. The Balaban J connectivity index is 1.62. The highest BCUT2D eigenvalue weighted by Crippen LogP contribution is 2.32. The number of nitrogens with zero attached hydrogens (tertiary/aromatic N) is 4. The molecular formula is C20H26BrClN4O3. The molecule has 1 N–H and O–H groups in total. The number of hydrogen-bond donors (Lipinski definition) is 1. The fourth-order valence-electron chi connectivity index (χ4n) is 3.61. The highest BCUT2D eigenvalue weighted by molar-refractivity contribution is 9.10. The molecule has 1 saturated heterocycles. The van der Waals surface area contributed by atoms with Crippen molar-refractivity contribution in [2.45, 2.75) is 26.3 Å². The highest BCUT2D eigenvalue weighted by Gasteiger charge is 2.22. The first-order valence-electron chi connectivity index (χ1n) is 9.53. The van der Waals surface area contributed by atoms with Gasteiger partial charge in [0.25, 0.3) is 0 Å². The molecule has 1 aromatic carbocycles. The molecule has 1 aliphatic rings. The summed E-state index contributed by atoms with van der Waals surface area (Å²) in [5.74, 6) is 0.475. The maximum atomic E-state index is 12.9. The summed E-state index contributed by atoms with van der Waals surface area (Å²) >= 11 is 9.80. The number of methoxy groups -OCH3 is 1. The van der Waals surface area contributed by atoms with E-state index in [1.165, 1.54) is 7.11 Å². The van der Waals surface area contributed by atoms with E-state index in [9.17, 15) is 9.90 Å². The van der Waals surface area contributed by atoms with Gasteiger partial charge in [-0.1, -0.05) is 27.5 Å². The Labute approximate surface area is 184 Å². The van der Waals surface area contributed by atoms with Gasteiger partial charge in [-0.3, -0.25) is 14.4 Å². The maximum Gasteiger partial charge on any atom is 0.227 e. The molecule has 29 heavy (non-hydrogen) atoms. The number of aromatic hydroxyl groups is 1. The van der Waals surface area contributed by atoms with E-state index in [1.807, 2.05) is 18.9 Å². The Hall–Kier alpha value is -1.77. The number of aromatic nitrogens is 2. The van der Waals surface area contributed by atoms with Crippen LogP contribution in [0.3, 0.4) is 0 Å². The average Bonchev–Trinajstić information content (AvgIpc) is 2.85. The van der Waals surface area contributed by atoms with Crippen LogP contribution in [0.1, 0.15) is 23.2 Å². The summed E-state index contributed by atoms with van der Waals surface area (Å²) in [4.78, 5) is 17.1. The van der Waals surface area contributed by atoms with Gasteiger partial charge in [0.2, 0.25) is 5.91 Å². The monoisotopic (exact) mass is 484 g/mol. The molecule has 158 valence electrons. The molecule has 1 aliphatic heterocycles. The van der Waals surface area contributed by atoms with Crippen LogP contribution < -0.4 is 4.74 Å². The summed E-state index contributed by atoms with van der Waals surface area (Å²) in [6.45, 7) is 5.80. The fourth-order valence-corrected chi connectivity index (χ4v) is 4.32. The molecule has 2 aromatic rings. The zero-order valence-electron chi connectivity index (χ0n) is 16.9. The van der Waals surface area contributed by atoms with Gasteiger partial charge in [-0.15, -0.1) is 0 Å². The number of carbonyl (C=O) groups is 1. The van der Waals surface area contributed by atoms with Crippen LogP contribution in [0.25, 0.3) is 0 Å². The summed E-state index contributed by atoms with van der Waals surface area (Å²) in [6.07, 6.45) is 1.16. The van der Waals surface area contributed by atoms with E-state index >= 15 is 0 Å². The third kappa shape index (κ3) is 5.05. The number of phenols is 1. The Kier molecular flexibility index (Phi) is 7.08. The van der Waals surface area contributed by atoms with Crippen LogP contribution in [0.15, 0.2) is 16.6 Å². The van der Waals surface area contributed by atoms with Crippen LogP contribution in [0.2, 0.25) is 5.15 Å². The minimum atomic E-state index is 0.0466. The number of halogens is 2. The Bertz CT molecular complexity index is 902. The molecule has 2 heterocycles. The van der Waals surface area contributed by atoms with Crippen molar-refractivity contribution in [3.8, 4) is 11.5 Å². The van der Waals surface area contributed by atoms with Crippen molar-refractivity contribution in [2.75, 3.05) is 33.3 Å². The summed E-state index contributed by atoms with van der Waals surface area (Å²) in [5, 5.41) is 14.9. The minimum absolute atomic E-state index is 0.0466. The lowest BCUT2D eigenvalue weighted by Gasteiger charge is -2.22. The van der Waals surface area contributed by atoms with Gasteiger partial charge in [0, 0.05) is 49.8 Å². The maximum absolute atomic E-state index is 12.9. The van der Waals surface area contributed by atoms with E-state index in [0.717, 1.165) is 49.4 Å². The van der Waals surface area contributed by atoms with Crippen LogP contribution in [0, 0.1) is 6.92 Å². The lowest BCUT2D eigenvalue weighted by Crippen LogP contribution is -2.36. The highest BCUT2D eigenvalue weighted by atomic mass is 79.9. The molecule has 0 radical (unpaired) electrons. The van der Waals surface area contributed by atoms with Gasteiger partial charge < -0.3 is 14.7 Å². The largest absolute Gasteiger partial charge is 0.504 e. The first-order valence-corrected chi connectivity index (χ1v) is 10.7. The second kappa shape index (κ2) is 9.36. The minimum Gasteiger partial charge on any atom is -0.504 e. The third-order valence-electron chi connectivity index (χ3n) is 5.28. The van der Waals surface area contributed by atoms with Crippen molar-refractivity contribution in [1.82, 2.24) is 19.6 Å². The molecule has 0 unspecified atom stereocenters. The van der Waals surface area contributed by atoms with Crippen molar-refractivity contribution < 1.29 is 14.6 Å². The smallest absolute Gasteiger partial charge is 0.227 e. The van der Waals surface area contributed by atoms with E-state index in [-0.39, 0.29) is 18.1 Å². The Morgan fingerprint density at radius 2 is 2.07 bits per heavy atom. The summed E-state index contributed by atoms with van der Waals surface area (Å²) < 4.78 is 7.55. The van der Waals surface area contributed by atoms with Crippen molar-refractivity contribution in [2.24, 2.45) is 7.05 Å². The van der Waals surface area contributed by atoms with E-state index in [2.05, 4.69) is 25.9 Å². The molecular weight excluding hydrogens is 460 g/mol. The van der Waals surface area contributed by atoms with Crippen molar-refractivity contribution in [3.05, 3.63) is 38.6 Å². The van der Waals surface area contributed by atoms with Gasteiger partial charge in [0.1, 0.15) is 5.15 Å². The molecule has 0 aliphatic carbocycles. The molecule has 1 aromatic heterocycles. The number of amides is 1. The van der Waals surface area contributed by atoms with Gasteiger partial charge in [0.15, 0.2) is 11.5 Å². The molecule has 9 heteroatoms. The van der Waals surface area contributed by atoms with Gasteiger partial charge in [-0.2, -0.15) is 5.10 Å². The molecule has 0 atom stereocenters. The lowest BCUT2D eigenvalue weighted by molar-refractivity contribution is -0.130. The number of rotatable bonds is 5. The van der Waals surface area contributed by atoms with E-state index in [1.54, 1.807) is 16.8 Å². The zero-order chi connectivity index (χ0) is 21.1. The molecule has 0 bridgehead atoms. The molecule has 0 spiro atoms. The number of ether oxygens (including phenoxy) is 1. The van der Waals surface area contributed by atoms with Gasteiger partial charge in [0.05, 0.1) is 19.2 Å². The van der Waals surface area contributed by atoms with E-state index in [4.69, 9.17) is 16.3 Å². The van der Waals surface area contributed by atoms with Crippen molar-refractivity contribution in [1.29, 1.82) is 0 Å². The van der Waals surface area contributed by atoms with Gasteiger partial charge >= 0.3 is 0 Å². The van der Waals surface area contributed by atoms with Crippen LogP contribution in [-0.2, 0) is 24.8 Å². The van der Waals surface area contributed by atoms with Gasteiger partial charge in [-0.05, 0) is 31.0 Å². The zero-order valence-corrected chi connectivity index (χ0v) is 19.3. The fraction of sp³-hybridized carbons (Fsp3) is 0.500. The first-order chi connectivity index (χ1) is 13.8. The topological polar surface area (TPSA) is 70.8 Å². The van der Waals surface area contributed by atoms with Crippen LogP contribution in [0.5, 0.6) is 11.5 Å². The number of carbonyl (C=O) groups excluding carboxylic acids is 1. The van der Waals surface area contributed by atoms with Gasteiger partial charge in [-0.25, -0.2) is 0 Å². The second-order valence-corrected chi connectivity index (χ2v) is 8.49. The summed E-state index contributed by atoms with van der Waals surface area (Å²) in [7, 11) is 3.34. The molecule has 1 fully saturated rings. The van der Waals surface area contributed by atoms with E-state index in [0.29, 0.717) is 21.9 Å². The SMILES string of the molecule is COc1cc(CC(=O)N2CCCN(Cc3c(C)nn(C)c3Cl)CC2)c(Br)cc1O. The normalized spacial score (nSPS) is 15.4. The van der Waals surface area contributed by atoms with E-state index < -0.39 is 0 Å². The third-order valence-corrected chi connectivity index (χ3v) is 6.49. The molecule has 1 amide bonds. The van der Waals surface area contributed by atoms with Crippen LogP contribution in [0.4, 0.5) is 0 Å². The predicted molar refractivity (Wildman–Crippen MR) is 115 cm³/mol.